The highest BCUT2D eigenvalue weighted by Gasteiger charge is 2.06. The van der Waals surface area contributed by atoms with Crippen LogP contribution in [0.15, 0.2) is 48.5 Å². The largest absolute Gasteiger partial charge is 0.493 e. The number of methoxy groups -OCH3 is 1. The Morgan fingerprint density at radius 3 is 2.21 bits per heavy atom. The van der Waals surface area contributed by atoms with Crippen LogP contribution in [-0.4, -0.2) is 7.11 Å². The molecule has 2 aromatic carbocycles. The molecule has 100 valence electrons. The fourth-order valence-electron chi connectivity index (χ4n) is 1.85. The molecule has 0 amide bonds. The average molecular weight is 257 g/mol. The van der Waals surface area contributed by atoms with Gasteiger partial charge in [0.05, 0.1) is 7.11 Å². The number of rotatable bonds is 5. The molecule has 0 saturated heterocycles. The summed E-state index contributed by atoms with van der Waals surface area (Å²) in [5.74, 6) is 2.20. The molecule has 3 nitrogen and oxygen atoms in total. The first-order valence-electron chi connectivity index (χ1n) is 6.41. The second-order valence-electron chi connectivity index (χ2n) is 4.34. The molecular weight excluding hydrogens is 238 g/mol. The lowest BCUT2D eigenvalue weighted by atomic mass is 10.1. The number of hydrogen-bond donors (Lipinski definition) is 1. The lowest BCUT2D eigenvalue weighted by molar-refractivity contribution is 0.379. The van der Waals surface area contributed by atoms with Gasteiger partial charge in [0.1, 0.15) is 5.75 Å². The molecule has 0 bridgehead atoms. The van der Waals surface area contributed by atoms with Gasteiger partial charge in [0, 0.05) is 6.04 Å². The fourth-order valence-corrected chi connectivity index (χ4v) is 1.85. The van der Waals surface area contributed by atoms with Crippen LogP contribution in [0.2, 0.25) is 0 Å². The van der Waals surface area contributed by atoms with Gasteiger partial charge in [0.25, 0.3) is 0 Å². The number of nitrogens with two attached hydrogens (primary N) is 1. The smallest absolute Gasteiger partial charge is 0.169 e. The van der Waals surface area contributed by atoms with Crippen molar-refractivity contribution in [2.45, 2.75) is 19.4 Å². The van der Waals surface area contributed by atoms with Gasteiger partial charge in [-0.2, -0.15) is 0 Å². The highest BCUT2D eigenvalue weighted by molar-refractivity contribution is 5.43. The Kier molecular flexibility index (Phi) is 4.42. The van der Waals surface area contributed by atoms with E-state index in [1.165, 1.54) is 0 Å². The monoisotopic (exact) mass is 257 g/mol. The molecule has 19 heavy (non-hydrogen) atoms. The molecule has 0 aromatic heterocycles. The Hall–Kier alpha value is -2.00. The van der Waals surface area contributed by atoms with Gasteiger partial charge >= 0.3 is 0 Å². The van der Waals surface area contributed by atoms with Gasteiger partial charge in [0.15, 0.2) is 11.5 Å². The fraction of sp³-hybridized carbons (Fsp3) is 0.250. The highest BCUT2D eigenvalue weighted by atomic mass is 16.5. The van der Waals surface area contributed by atoms with Crippen LogP contribution in [0.5, 0.6) is 17.2 Å². The third-order valence-corrected chi connectivity index (χ3v) is 3.04. The molecule has 2 rings (SSSR count). The zero-order valence-electron chi connectivity index (χ0n) is 11.3. The number of benzene rings is 2. The topological polar surface area (TPSA) is 44.5 Å². The van der Waals surface area contributed by atoms with E-state index < -0.39 is 0 Å². The normalized spacial score (nSPS) is 11.9. The third-order valence-electron chi connectivity index (χ3n) is 3.04. The predicted molar refractivity (Wildman–Crippen MR) is 76.7 cm³/mol. The third kappa shape index (κ3) is 3.26. The zero-order chi connectivity index (χ0) is 13.7. The minimum Gasteiger partial charge on any atom is -0.493 e. The van der Waals surface area contributed by atoms with Crippen molar-refractivity contribution in [2.24, 2.45) is 5.73 Å². The molecule has 0 aliphatic rings. The second-order valence-corrected chi connectivity index (χ2v) is 4.34. The Morgan fingerprint density at radius 1 is 1.00 bits per heavy atom. The second kappa shape index (κ2) is 6.25. The van der Waals surface area contributed by atoms with Crippen LogP contribution in [0.25, 0.3) is 0 Å². The van der Waals surface area contributed by atoms with E-state index in [9.17, 15) is 0 Å². The van der Waals surface area contributed by atoms with Crippen molar-refractivity contribution in [1.82, 2.24) is 0 Å². The lowest BCUT2D eigenvalue weighted by Crippen LogP contribution is -2.08. The van der Waals surface area contributed by atoms with E-state index in [1.54, 1.807) is 7.11 Å². The molecule has 1 atom stereocenters. The van der Waals surface area contributed by atoms with Crippen LogP contribution in [0.1, 0.15) is 24.9 Å². The molecule has 0 fully saturated rings. The van der Waals surface area contributed by atoms with E-state index in [0.29, 0.717) is 5.75 Å². The summed E-state index contributed by atoms with van der Waals surface area (Å²) < 4.78 is 11.1. The summed E-state index contributed by atoms with van der Waals surface area (Å²) in [4.78, 5) is 0. The molecule has 0 aliphatic carbocycles. The summed E-state index contributed by atoms with van der Waals surface area (Å²) in [5, 5.41) is 0. The Morgan fingerprint density at radius 2 is 1.63 bits per heavy atom. The molecule has 0 spiro atoms. The van der Waals surface area contributed by atoms with E-state index in [2.05, 4.69) is 6.92 Å². The first-order chi connectivity index (χ1) is 9.24. The highest BCUT2D eigenvalue weighted by Crippen LogP contribution is 2.31. The molecule has 2 N–H and O–H groups in total. The van der Waals surface area contributed by atoms with Crippen molar-refractivity contribution >= 4 is 0 Å². The van der Waals surface area contributed by atoms with E-state index in [0.717, 1.165) is 23.5 Å². The van der Waals surface area contributed by atoms with Crippen LogP contribution < -0.4 is 15.2 Å². The first-order valence-corrected chi connectivity index (χ1v) is 6.41. The Labute approximate surface area is 114 Å². The first kappa shape index (κ1) is 13.4. The van der Waals surface area contributed by atoms with Crippen molar-refractivity contribution in [3.05, 3.63) is 54.1 Å². The van der Waals surface area contributed by atoms with Crippen molar-refractivity contribution in [3.63, 3.8) is 0 Å². The van der Waals surface area contributed by atoms with Gasteiger partial charge in [-0.3, -0.25) is 0 Å². The maximum Gasteiger partial charge on any atom is 0.169 e. The Balaban J connectivity index is 2.15. The van der Waals surface area contributed by atoms with Crippen LogP contribution in [0.3, 0.4) is 0 Å². The minimum atomic E-state index is 0.0836. The summed E-state index contributed by atoms with van der Waals surface area (Å²) in [6.07, 6.45) is 0.923. The van der Waals surface area contributed by atoms with Crippen molar-refractivity contribution in [1.29, 1.82) is 0 Å². The molecule has 2 aromatic rings. The van der Waals surface area contributed by atoms with Gasteiger partial charge in [0.2, 0.25) is 0 Å². The van der Waals surface area contributed by atoms with Crippen LogP contribution >= 0.6 is 0 Å². The van der Waals surface area contributed by atoms with E-state index >= 15 is 0 Å². The summed E-state index contributed by atoms with van der Waals surface area (Å²) in [6, 6.07) is 15.5. The molecule has 0 aliphatic heterocycles. The summed E-state index contributed by atoms with van der Waals surface area (Å²) in [7, 11) is 1.63. The van der Waals surface area contributed by atoms with Crippen LogP contribution in [0.4, 0.5) is 0 Å². The number of ether oxygens (including phenoxy) is 2. The molecular formula is C16H19NO2. The SMILES string of the molecule is CC[C@H](N)c1ccc(Oc2ccccc2OC)cc1. The van der Waals surface area contributed by atoms with Crippen molar-refractivity contribution in [3.8, 4) is 17.2 Å². The number of hydrogen-bond acceptors (Lipinski definition) is 3. The van der Waals surface area contributed by atoms with E-state index in [4.69, 9.17) is 15.2 Å². The maximum absolute atomic E-state index is 5.98. The standard InChI is InChI=1S/C16H19NO2/c1-3-14(17)12-8-10-13(11-9-12)19-16-7-5-4-6-15(16)18-2/h4-11,14H,3,17H2,1-2H3/t14-/m0/s1. The summed E-state index contributed by atoms with van der Waals surface area (Å²) in [5.41, 5.74) is 7.10. The van der Waals surface area contributed by atoms with Crippen LogP contribution in [-0.2, 0) is 0 Å². The minimum absolute atomic E-state index is 0.0836. The quantitative estimate of drug-likeness (QED) is 0.883. The van der Waals surface area contributed by atoms with Crippen molar-refractivity contribution < 1.29 is 9.47 Å². The summed E-state index contributed by atoms with van der Waals surface area (Å²) >= 11 is 0. The van der Waals surface area contributed by atoms with Gasteiger partial charge < -0.3 is 15.2 Å². The van der Waals surface area contributed by atoms with E-state index in [1.807, 2.05) is 48.5 Å². The van der Waals surface area contributed by atoms with Crippen LogP contribution in [0, 0.1) is 0 Å². The van der Waals surface area contributed by atoms with Gasteiger partial charge in [-0.05, 0) is 36.2 Å². The molecule has 3 heteroatoms. The maximum atomic E-state index is 5.98. The number of para-hydroxylation sites is 2. The molecule has 0 radical (unpaired) electrons. The Bertz CT molecular complexity index is 523. The van der Waals surface area contributed by atoms with E-state index in [-0.39, 0.29) is 6.04 Å². The van der Waals surface area contributed by atoms with Gasteiger partial charge in [-0.1, -0.05) is 31.2 Å². The zero-order valence-corrected chi connectivity index (χ0v) is 11.3. The van der Waals surface area contributed by atoms with Gasteiger partial charge in [-0.15, -0.1) is 0 Å². The lowest BCUT2D eigenvalue weighted by Gasteiger charge is -2.12. The molecule has 0 unspecified atom stereocenters. The van der Waals surface area contributed by atoms with Gasteiger partial charge in [-0.25, -0.2) is 0 Å². The molecule has 0 heterocycles. The van der Waals surface area contributed by atoms with Crippen molar-refractivity contribution in [2.75, 3.05) is 7.11 Å². The average Bonchev–Trinajstić information content (AvgIpc) is 2.48. The predicted octanol–water partition coefficient (Wildman–Crippen LogP) is 3.90. The summed E-state index contributed by atoms with van der Waals surface area (Å²) in [6.45, 7) is 2.07. The molecule has 0 saturated carbocycles.